The van der Waals surface area contributed by atoms with E-state index in [4.69, 9.17) is 21.4 Å². The van der Waals surface area contributed by atoms with Gasteiger partial charge >= 0.3 is 0 Å². The molecule has 0 radical (unpaired) electrons. The molecular weight excluding hydrogens is 462 g/mol. The van der Waals surface area contributed by atoms with Gasteiger partial charge in [-0.25, -0.2) is 4.68 Å². The molecule has 9 heteroatoms. The number of nitrogens with zero attached hydrogens (tertiary/aromatic N) is 2. The Morgan fingerprint density at radius 1 is 1.27 bits per heavy atom. The predicted octanol–water partition coefficient (Wildman–Crippen LogP) is 5.70. The number of carbonyl (C=O) groups is 1. The van der Waals surface area contributed by atoms with Gasteiger partial charge in [-0.2, -0.15) is 15.7 Å². The molecule has 33 heavy (non-hydrogen) atoms. The first-order chi connectivity index (χ1) is 15.7. The van der Waals surface area contributed by atoms with Crippen molar-refractivity contribution in [3.8, 4) is 11.3 Å². The zero-order chi connectivity index (χ0) is 23.2. The molecule has 0 aliphatic carbocycles. The Balaban J connectivity index is 1.55. The fourth-order valence-electron chi connectivity index (χ4n) is 4.75. The van der Waals surface area contributed by atoms with Gasteiger partial charge in [0.05, 0.1) is 21.8 Å². The normalized spacial score (nSPS) is 25.8. The maximum atomic E-state index is 13.1. The summed E-state index contributed by atoms with van der Waals surface area (Å²) in [5.74, 6) is 0.252. The van der Waals surface area contributed by atoms with Crippen molar-refractivity contribution in [2.45, 2.75) is 44.4 Å². The first kappa shape index (κ1) is 22.7. The summed E-state index contributed by atoms with van der Waals surface area (Å²) in [6.45, 7) is 2.54. The summed E-state index contributed by atoms with van der Waals surface area (Å²) in [4.78, 5) is 13.1. The Kier molecular flexibility index (Phi) is 5.91. The van der Waals surface area contributed by atoms with Gasteiger partial charge in [-0.1, -0.05) is 29.8 Å². The van der Waals surface area contributed by atoms with Crippen LogP contribution in [0.5, 0.6) is 0 Å². The molecule has 2 saturated heterocycles. The van der Waals surface area contributed by atoms with E-state index < -0.39 is 16.1 Å². The molecule has 0 spiro atoms. The zero-order valence-electron chi connectivity index (χ0n) is 18.5. The molecule has 3 aromatic rings. The summed E-state index contributed by atoms with van der Waals surface area (Å²) in [7, 11) is -2.63. The van der Waals surface area contributed by atoms with E-state index in [0.29, 0.717) is 29.4 Å². The van der Waals surface area contributed by atoms with E-state index in [2.05, 4.69) is 5.32 Å². The lowest BCUT2D eigenvalue weighted by Gasteiger charge is -2.30. The van der Waals surface area contributed by atoms with E-state index in [0.717, 1.165) is 41.4 Å². The molecule has 5 rings (SSSR count). The van der Waals surface area contributed by atoms with Crippen molar-refractivity contribution in [2.24, 2.45) is 0 Å². The number of benzene rings is 2. The third kappa shape index (κ3) is 4.50. The van der Waals surface area contributed by atoms with Crippen molar-refractivity contribution in [3.63, 3.8) is 0 Å². The number of hydrogen-bond acceptors (Lipinski definition) is 5. The highest BCUT2D eigenvalue weighted by molar-refractivity contribution is 8.24. The first-order valence-corrected chi connectivity index (χ1v) is 13.5. The van der Waals surface area contributed by atoms with Crippen LogP contribution in [0.1, 0.15) is 49.2 Å². The lowest BCUT2D eigenvalue weighted by atomic mass is 10.0. The highest BCUT2D eigenvalue weighted by Gasteiger charge is 2.39. The molecule has 2 aromatic carbocycles. The number of rotatable bonds is 4. The standard InChI is InChI=1S/C24H28ClN3O4S/c1-24(11-13-33(30,31)15-24)26-23(29)16-9-10-18-20(14-16)28(21-8-4-5-12-32-21)27-22(18)17-6-2-3-7-19(17)25/h2-3,6-7,9-10,14,21,30-31H,4-5,8,11-13,15H2,1H3,(H,26,29). The van der Waals surface area contributed by atoms with Gasteiger partial charge in [0, 0.05) is 28.9 Å². The van der Waals surface area contributed by atoms with E-state index in [-0.39, 0.29) is 17.9 Å². The van der Waals surface area contributed by atoms with Crippen LogP contribution in [0, 0.1) is 0 Å². The molecule has 2 atom stereocenters. The van der Waals surface area contributed by atoms with E-state index in [1.54, 1.807) is 6.07 Å². The van der Waals surface area contributed by atoms with Crippen molar-refractivity contribution >= 4 is 39.0 Å². The van der Waals surface area contributed by atoms with Crippen molar-refractivity contribution < 1.29 is 18.6 Å². The molecule has 0 saturated carbocycles. The Hall–Kier alpha value is -2.10. The Labute approximate surface area is 199 Å². The smallest absolute Gasteiger partial charge is 0.251 e. The van der Waals surface area contributed by atoms with Crippen LogP contribution in [0.15, 0.2) is 42.5 Å². The quantitative estimate of drug-likeness (QED) is 0.437. The van der Waals surface area contributed by atoms with Gasteiger partial charge in [0.1, 0.15) is 5.69 Å². The van der Waals surface area contributed by atoms with Gasteiger partial charge in [0.2, 0.25) is 0 Å². The van der Waals surface area contributed by atoms with Crippen molar-refractivity contribution in [1.29, 1.82) is 0 Å². The number of hydrogen-bond donors (Lipinski definition) is 3. The van der Waals surface area contributed by atoms with Gasteiger partial charge in [-0.15, -0.1) is 0 Å². The average molecular weight is 490 g/mol. The molecule has 2 unspecified atom stereocenters. The fraction of sp³-hybridized carbons (Fsp3) is 0.417. The molecule has 176 valence electrons. The minimum atomic E-state index is -2.63. The SMILES string of the molecule is CC1(NC(=O)c2ccc3c(-c4ccccc4Cl)nn(C4CCCCO4)c3c2)CCS(O)(O)C1. The number of ether oxygens (including phenoxy) is 1. The maximum absolute atomic E-state index is 13.1. The van der Waals surface area contributed by atoms with Crippen LogP contribution in [0.3, 0.4) is 0 Å². The van der Waals surface area contributed by atoms with E-state index in [1.165, 1.54) is 0 Å². The third-order valence-corrected chi connectivity index (χ3v) is 8.76. The molecule has 3 N–H and O–H groups in total. The number of fused-ring (bicyclic) bond motifs is 1. The number of carbonyl (C=O) groups excluding carboxylic acids is 1. The molecular formula is C24H28ClN3O4S. The monoisotopic (exact) mass is 489 g/mol. The van der Waals surface area contributed by atoms with Crippen LogP contribution in [0.25, 0.3) is 22.2 Å². The van der Waals surface area contributed by atoms with Crippen LogP contribution in [0.4, 0.5) is 0 Å². The van der Waals surface area contributed by atoms with Gasteiger partial charge in [0.25, 0.3) is 5.91 Å². The molecule has 0 bridgehead atoms. The van der Waals surface area contributed by atoms with Crippen molar-refractivity contribution in [2.75, 3.05) is 18.1 Å². The number of amides is 1. The summed E-state index contributed by atoms with van der Waals surface area (Å²) in [6.07, 6.45) is 3.27. The molecule has 2 aliphatic rings. The molecule has 2 fully saturated rings. The molecule has 7 nitrogen and oxygen atoms in total. The van der Waals surface area contributed by atoms with Gasteiger partial charge in [-0.05, 0) is 56.9 Å². The lowest BCUT2D eigenvalue weighted by molar-refractivity contribution is -0.0365. The molecule has 2 aliphatic heterocycles. The van der Waals surface area contributed by atoms with Crippen LogP contribution >= 0.6 is 22.2 Å². The Morgan fingerprint density at radius 3 is 2.79 bits per heavy atom. The number of nitrogens with one attached hydrogen (secondary N) is 1. The summed E-state index contributed by atoms with van der Waals surface area (Å²) < 4.78 is 27.9. The van der Waals surface area contributed by atoms with Crippen LogP contribution in [-0.2, 0) is 4.74 Å². The third-order valence-electron chi connectivity index (χ3n) is 6.47. The Morgan fingerprint density at radius 2 is 2.09 bits per heavy atom. The van der Waals surface area contributed by atoms with Gasteiger partial charge in [0.15, 0.2) is 6.23 Å². The lowest BCUT2D eigenvalue weighted by Crippen LogP contribution is -2.46. The maximum Gasteiger partial charge on any atom is 0.251 e. The van der Waals surface area contributed by atoms with Crippen molar-refractivity contribution in [3.05, 3.63) is 53.1 Å². The molecule has 3 heterocycles. The molecule has 1 amide bonds. The van der Waals surface area contributed by atoms with E-state index in [9.17, 15) is 13.9 Å². The van der Waals surface area contributed by atoms with Crippen LogP contribution in [0.2, 0.25) is 5.02 Å². The first-order valence-electron chi connectivity index (χ1n) is 11.2. The largest absolute Gasteiger partial charge is 0.356 e. The molecule has 1 aromatic heterocycles. The fourth-order valence-corrected chi connectivity index (χ4v) is 7.14. The summed E-state index contributed by atoms with van der Waals surface area (Å²) >= 11 is 6.49. The van der Waals surface area contributed by atoms with Crippen molar-refractivity contribution in [1.82, 2.24) is 15.1 Å². The highest BCUT2D eigenvalue weighted by atomic mass is 35.5. The number of aromatic nitrogens is 2. The van der Waals surface area contributed by atoms with E-state index >= 15 is 0 Å². The second-order valence-electron chi connectivity index (χ2n) is 9.24. The zero-order valence-corrected chi connectivity index (χ0v) is 20.0. The minimum absolute atomic E-state index is 0.179. The highest BCUT2D eigenvalue weighted by Crippen LogP contribution is 2.50. The number of halogens is 1. The second kappa shape index (κ2) is 8.60. The van der Waals surface area contributed by atoms with Crippen LogP contribution in [-0.4, -0.2) is 48.4 Å². The summed E-state index contributed by atoms with van der Waals surface area (Å²) in [5, 5.41) is 9.42. The second-order valence-corrected chi connectivity index (χ2v) is 12.0. The predicted molar refractivity (Wildman–Crippen MR) is 132 cm³/mol. The average Bonchev–Trinajstić information content (AvgIpc) is 3.30. The summed E-state index contributed by atoms with van der Waals surface area (Å²) in [6, 6.07) is 13.1. The van der Waals surface area contributed by atoms with Crippen LogP contribution < -0.4 is 5.32 Å². The summed E-state index contributed by atoms with van der Waals surface area (Å²) in [5.41, 5.74) is 2.26. The Bertz CT molecular complexity index is 1210. The topological polar surface area (TPSA) is 96.6 Å². The van der Waals surface area contributed by atoms with Gasteiger partial charge < -0.3 is 10.1 Å². The van der Waals surface area contributed by atoms with Gasteiger partial charge in [-0.3, -0.25) is 13.9 Å². The minimum Gasteiger partial charge on any atom is -0.356 e. The van der Waals surface area contributed by atoms with E-state index in [1.807, 2.05) is 48.0 Å².